The molecule has 6 nitrogen and oxygen atoms in total. The minimum Gasteiger partial charge on any atom is -0.443 e. The summed E-state index contributed by atoms with van der Waals surface area (Å²) in [5.74, 6) is 0.750. The molecule has 324 valence electrons. The minimum atomic E-state index is -2.84. The van der Waals surface area contributed by atoms with Crippen LogP contribution in [-0.4, -0.2) is 53.1 Å². The highest BCUT2D eigenvalue weighted by Gasteiger charge is 2.53. The monoisotopic (exact) mass is 854 g/mol. The van der Waals surface area contributed by atoms with Crippen molar-refractivity contribution in [2.75, 3.05) is 24.7 Å². The summed E-state index contributed by atoms with van der Waals surface area (Å²) in [4.78, 5) is 20.1. The van der Waals surface area contributed by atoms with Crippen LogP contribution in [0.4, 0.5) is 10.6 Å². The van der Waals surface area contributed by atoms with Crippen LogP contribution in [0.5, 0.6) is 0 Å². The summed E-state index contributed by atoms with van der Waals surface area (Å²) < 4.78 is 21.3. The molecule has 0 atom stereocenters. The van der Waals surface area contributed by atoms with Gasteiger partial charge in [0.05, 0.1) is 0 Å². The first-order valence-electron chi connectivity index (χ1n) is 22.4. The Labute approximate surface area is 369 Å². The predicted molar refractivity (Wildman–Crippen MR) is 259 cm³/mol. The van der Waals surface area contributed by atoms with E-state index in [0.29, 0.717) is 19.8 Å². The Morgan fingerprint density at radius 2 is 1.02 bits per heavy atom. The van der Waals surface area contributed by atoms with Gasteiger partial charge in [0.1, 0.15) is 11.4 Å². The van der Waals surface area contributed by atoms with E-state index in [2.05, 4.69) is 182 Å². The second-order valence-electron chi connectivity index (χ2n) is 20.4. The molecule has 4 aromatic carbocycles. The number of pyridine rings is 1. The number of amides is 1. The molecule has 8 heteroatoms. The van der Waals surface area contributed by atoms with Crippen molar-refractivity contribution in [1.29, 1.82) is 0 Å². The summed E-state index contributed by atoms with van der Waals surface area (Å²) in [6, 6.07) is 48.1. The topological polar surface area (TPSA) is 60.9 Å². The van der Waals surface area contributed by atoms with Gasteiger partial charge in [-0.05, 0) is 95.3 Å². The van der Waals surface area contributed by atoms with Crippen molar-refractivity contribution in [3.05, 3.63) is 145 Å². The molecule has 61 heavy (non-hydrogen) atoms. The lowest BCUT2D eigenvalue weighted by Gasteiger charge is -2.47. The van der Waals surface area contributed by atoms with E-state index in [4.69, 9.17) is 18.6 Å². The maximum atomic E-state index is 13.3. The van der Waals surface area contributed by atoms with E-state index in [9.17, 15) is 4.79 Å². The average Bonchev–Trinajstić information content (AvgIpc) is 3.22. The van der Waals surface area contributed by atoms with Gasteiger partial charge >= 0.3 is 6.09 Å². The molecule has 0 saturated heterocycles. The van der Waals surface area contributed by atoms with Crippen LogP contribution >= 0.6 is 0 Å². The number of fused-ring (bicyclic) bond motifs is 1. The zero-order valence-corrected chi connectivity index (χ0v) is 40.6. The van der Waals surface area contributed by atoms with Crippen molar-refractivity contribution in [3.8, 4) is 0 Å². The molecule has 0 saturated carbocycles. The van der Waals surface area contributed by atoms with Gasteiger partial charge in [0.25, 0.3) is 16.6 Å². The van der Waals surface area contributed by atoms with Crippen LogP contribution in [0.3, 0.4) is 0 Å². The fourth-order valence-corrected chi connectivity index (χ4v) is 18.7. The summed E-state index contributed by atoms with van der Waals surface area (Å²) in [6.07, 6.45) is 5.14. The molecule has 0 radical (unpaired) electrons. The van der Waals surface area contributed by atoms with Gasteiger partial charge in [-0.15, -0.1) is 0 Å². The molecule has 0 aliphatic carbocycles. The van der Waals surface area contributed by atoms with E-state index in [1.807, 2.05) is 20.8 Å². The van der Waals surface area contributed by atoms with Gasteiger partial charge < -0.3 is 13.6 Å². The lowest BCUT2D eigenvalue weighted by Crippen LogP contribution is -2.68. The second kappa shape index (κ2) is 19.0. The number of carbonyl (C=O) groups excluding carboxylic acids is 1. The molecule has 5 aromatic rings. The van der Waals surface area contributed by atoms with Crippen molar-refractivity contribution in [2.24, 2.45) is 5.41 Å². The largest absolute Gasteiger partial charge is 0.443 e. The molecule has 1 aromatic heterocycles. The molecule has 0 unspecified atom stereocenters. The van der Waals surface area contributed by atoms with Crippen molar-refractivity contribution >= 4 is 49.3 Å². The van der Waals surface area contributed by atoms with Gasteiger partial charge in [0, 0.05) is 30.9 Å². The Morgan fingerprint density at radius 1 is 0.590 bits per heavy atom. The normalized spacial score (nSPS) is 14.1. The fourth-order valence-electron chi connectivity index (χ4n) is 9.24. The molecule has 1 aliphatic rings. The van der Waals surface area contributed by atoms with Crippen LogP contribution in [0.25, 0.3) is 0 Å². The lowest BCUT2D eigenvalue weighted by molar-refractivity contribution is 0.0576. The number of aromatic nitrogens is 1. The molecule has 0 spiro atoms. The Morgan fingerprint density at radius 3 is 1.41 bits per heavy atom. The van der Waals surface area contributed by atoms with Gasteiger partial charge in [-0.25, -0.2) is 9.78 Å². The summed E-state index contributed by atoms with van der Waals surface area (Å²) in [6.45, 7) is 24.0. The second-order valence-corrected chi connectivity index (χ2v) is 29.1. The molecular weight excluding hydrogens is 785 g/mol. The van der Waals surface area contributed by atoms with Gasteiger partial charge in [0.15, 0.2) is 0 Å². The van der Waals surface area contributed by atoms with E-state index in [1.54, 1.807) is 4.90 Å². The summed E-state index contributed by atoms with van der Waals surface area (Å²) in [5.41, 5.74) is 1.22. The van der Waals surface area contributed by atoms with Crippen LogP contribution < -0.4 is 25.6 Å². The smallest absolute Gasteiger partial charge is 0.416 e. The first-order chi connectivity index (χ1) is 28.9. The number of nitrogens with zero attached hydrogens (tertiary/aromatic N) is 2. The van der Waals surface area contributed by atoms with E-state index in [1.165, 1.54) is 20.7 Å². The van der Waals surface area contributed by atoms with Crippen molar-refractivity contribution in [2.45, 2.75) is 123 Å². The van der Waals surface area contributed by atoms with Crippen LogP contribution in [0.1, 0.15) is 106 Å². The van der Waals surface area contributed by atoms with Gasteiger partial charge in [-0.1, -0.05) is 182 Å². The third-order valence-electron chi connectivity index (χ3n) is 12.3. The third kappa shape index (κ3) is 10.5. The zero-order chi connectivity index (χ0) is 43.9. The van der Waals surface area contributed by atoms with E-state index < -0.39 is 22.2 Å². The van der Waals surface area contributed by atoms with Crippen molar-refractivity contribution in [3.63, 3.8) is 0 Å². The number of hydrogen-bond acceptors (Lipinski definition) is 5. The Hall–Kier alpha value is -4.35. The molecule has 0 N–H and O–H groups in total. The minimum absolute atomic E-state index is 0.152. The summed E-state index contributed by atoms with van der Waals surface area (Å²) in [5, 5.41) is 4.82. The number of aryl methyl sites for hydroxylation is 2. The maximum Gasteiger partial charge on any atom is 0.416 e. The Bertz CT molecular complexity index is 1980. The average molecular weight is 855 g/mol. The third-order valence-corrected chi connectivity index (χ3v) is 22.2. The van der Waals surface area contributed by atoms with Gasteiger partial charge in [-0.3, -0.25) is 4.90 Å². The molecule has 0 bridgehead atoms. The number of rotatable bonds is 15. The number of carbonyl (C=O) groups is 1. The van der Waals surface area contributed by atoms with E-state index in [0.717, 1.165) is 55.6 Å². The van der Waals surface area contributed by atoms with Crippen LogP contribution in [-0.2, 0) is 26.4 Å². The van der Waals surface area contributed by atoms with Crippen LogP contribution in [0, 0.1) is 5.41 Å². The standard InChI is InChI=1S/C53H70N2O4Si2/c1-50(2,3)59-49(56)55-39-25-26-42-36-37-43(54-48(42)55)27-23-24-38-53(10,40-57-60(51(4,5)6,44-28-15-11-16-29-44)45-30-17-12-18-31-45)41-58-61(52(7,8)9,46-32-19-13-20-33-46)47-34-21-14-22-35-47/h11-22,28-37H,23-27,38-41H2,1-10H3. The zero-order valence-electron chi connectivity index (χ0n) is 38.6. The van der Waals surface area contributed by atoms with Crippen molar-refractivity contribution < 1.29 is 18.4 Å². The Kier molecular flexibility index (Phi) is 14.3. The number of unbranched alkanes of at least 4 members (excludes halogenated alkanes) is 1. The SMILES string of the molecule is CC(CCCCc1ccc2c(n1)N(C(=O)OC(C)(C)C)CCC2)(CO[Si](c1ccccc1)(c1ccccc1)C(C)(C)C)CO[Si](c1ccccc1)(c1ccccc1)C(C)(C)C. The highest BCUT2D eigenvalue weighted by molar-refractivity contribution is 7.00. The number of anilines is 1. The number of ether oxygens (including phenoxy) is 1. The molecule has 1 aliphatic heterocycles. The Balaban J connectivity index is 1.33. The highest BCUT2D eigenvalue weighted by atomic mass is 28.4. The molecular formula is C53H70N2O4Si2. The number of hydrogen-bond donors (Lipinski definition) is 0. The van der Waals surface area contributed by atoms with Gasteiger partial charge in [0.2, 0.25) is 0 Å². The van der Waals surface area contributed by atoms with E-state index in [-0.39, 0.29) is 21.6 Å². The van der Waals surface area contributed by atoms with Gasteiger partial charge in [-0.2, -0.15) is 0 Å². The molecule has 6 rings (SSSR count). The maximum absolute atomic E-state index is 13.3. The molecule has 1 amide bonds. The number of benzene rings is 4. The molecule has 0 fully saturated rings. The molecule has 2 heterocycles. The predicted octanol–water partition coefficient (Wildman–Crippen LogP) is 10.6. The first kappa shape index (κ1) is 46.2. The van der Waals surface area contributed by atoms with Crippen molar-refractivity contribution in [1.82, 2.24) is 4.98 Å². The van der Waals surface area contributed by atoms with Crippen LogP contribution in [0.2, 0.25) is 10.1 Å². The quantitative estimate of drug-likeness (QED) is 0.0775. The summed E-state index contributed by atoms with van der Waals surface area (Å²) >= 11 is 0. The first-order valence-corrected chi connectivity index (χ1v) is 26.2. The van der Waals surface area contributed by atoms with E-state index >= 15 is 0 Å². The summed E-state index contributed by atoms with van der Waals surface area (Å²) in [7, 11) is -5.68. The fraction of sp³-hybridized carbons (Fsp3) is 0.434. The lowest BCUT2D eigenvalue weighted by atomic mass is 9.86. The van der Waals surface area contributed by atoms with Crippen LogP contribution in [0.15, 0.2) is 133 Å². The highest BCUT2D eigenvalue weighted by Crippen LogP contribution is 2.41.